The van der Waals surface area contributed by atoms with Crippen LogP contribution in [-0.2, 0) is 16.1 Å². The topological polar surface area (TPSA) is 29.5 Å². The summed E-state index contributed by atoms with van der Waals surface area (Å²) in [5.41, 5.74) is 0.940. The first kappa shape index (κ1) is 19.7. The molecule has 0 aromatic heterocycles. The van der Waals surface area contributed by atoms with Crippen molar-refractivity contribution in [3.8, 4) is 0 Å². The fraction of sp³-hybridized carbons (Fsp3) is 0.591. The van der Waals surface area contributed by atoms with Crippen molar-refractivity contribution in [3.05, 3.63) is 48.6 Å². The summed E-state index contributed by atoms with van der Waals surface area (Å²) in [4.78, 5) is 15.3. The normalized spacial score (nSPS) is 24.2. The minimum atomic E-state index is -0.426. The lowest BCUT2D eigenvalue weighted by Gasteiger charge is -2.37. The van der Waals surface area contributed by atoms with Crippen molar-refractivity contribution in [2.75, 3.05) is 20.2 Å². The number of esters is 1. The molecule has 0 aliphatic carbocycles. The van der Waals surface area contributed by atoms with Crippen LogP contribution in [0.1, 0.15) is 45.6 Å². The Labute approximate surface area is 153 Å². The van der Waals surface area contributed by atoms with Gasteiger partial charge >= 0.3 is 5.97 Å². The quantitative estimate of drug-likeness (QED) is 0.532. The van der Waals surface area contributed by atoms with E-state index in [4.69, 9.17) is 4.74 Å². The monoisotopic (exact) mass is 343 g/mol. The standard InChI is InChI=1S/C22H33NO2/c1-6-7-13-19-15-23(14-18-11-9-8-10-12-18)17-22(19,20(24)25-5)16-21(2,3)4/h6,8-12,19H,1,7,13-17H2,2-5H3/t19-,22+/m1/s1. The minimum Gasteiger partial charge on any atom is -0.469 e. The van der Waals surface area contributed by atoms with E-state index in [-0.39, 0.29) is 11.4 Å². The first-order chi connectivity index (χ1) is 11.8. The molecule has 0 N–H and O–H groups in total. The van der Waals surface area contributed by atoms with Crippen molar-refractivity contribution in [1.29, 1.82) is 0 Å². The van der Waals surface area contributed by atoms with Gasteiger partial charge in [-0.15, -0.1) is 6.58 Å². The van der Waals surface area contributed by atoms with Gasteiger partial charge in [0, 0.05) is 19.6 Å². The Balaban J connectivity index is 2.28. The maximum Gasteiger partial charge on any atom is 0.313 e. The number of hydrogen-bond donors (Lipinski definition) is 0. The summed E-state index contributed by atoms with van der Waals surface area (Å²) in [7, 11) is 1.52. The van der Waals surface area contributed by atoms with Gasteiger partial charge in [-0.1, -0.05) is 57.2 Å². The molecule has 1 aromatic rings. The van der Waals surface area contributed by atoms with Crippen molar-refractivity contribution >= 4 is 5.97 Å². The molecule has 1 fully saturated rings. The van der Waals surface area contributed by atoms with E-state index in [1.165, 1.54) is 12.7 Å². The summed E-state index contributed by atoms with van der Waals surface area (Å²) in [5.74, 6) is 0.257. The van der Waals surface area contributed by atoms with Gasteiger partial charge in [0.2, 0.25) is 0 Å². The summed E-state index contributed by atoms with van der Waals surface area (Å²) in [6.07, 6.45) is 4.73. The van der Waals surface area contributed by atoms with Crippen molar-refractivity contribution in [3.63, 3.8) is 0 Å². The van der Waals surface area contributed by atoms with Gasteiger partial charge in [-0.25, -0.2) is 0 Å². The van der Waals surface area contributed by atoms with Gasteiger partial charge < -0.3 is 4.74 Å². The third kappa shape index (κ3) is 4.94. The fourth-order valence-electron chi connectivity index (χ4n) is 4.38. The molecule has 0 spiro atoms. The average molecular weight is 344 g/mol. The van der Waals surface area contributed by atoms with Gasteiger partial charge in [-0.05, 0) is 36.2 Å². The molecule has 1 aromatic carbocycles. The Kier molecular flexibility index (Phi) is 6.45. The first-order valence-corrected chi connectivity index (χ1v) is 9.26. The summed E-state index contributed by atoms with van der Waals surface area (Å²) in [5, 5.41) is 0. The maximum absolute atomic E-state index is 12.9. The van der Waals surface area contributed by atoms with Crippen molar-refractivity contribution < 1.29 is 9.53 Å². The number of likely N-dealkylation sites (tertiary alicyclic amines) is 1. The summed E-state index contributed by atoms with van der Waals surface area (Å²) in [6.45, 7) is 13.1. The van der Waals surface area contributed by atoms with Crippen LogP contribution in [0.5, 0.6) is 0 Å². The van der Waals surface area contributed by atoms with Crippen LogP contribution in [0, 0.1) is 16.7 Å². The lowest BCUT2D eigenvalue weighted by atomic mass is 9.67. The van der Waals surface area contributed by atoms with Gasteiger partial charge in [0.15, 0.2) is 0 Å². The Bertz CT molecular complexity index is 575. The number of ether oxygens (including phenoxy) is 1. The highest BCUT2D eigenvalue weighted by atomic mass is 16.5. The van der Waals surface area contributed by atoms with Crippen LogP contribution in [0.15, 0.2) is 43.0 Å². The molecular weight excluding hydrogens is 310 g/mol. The molecule has 1 aliphatic heterocycles. The largest absolute Gasteiger partial charge is 0.469 e. The third-order valence-electron chi connectivity index (χ3n) is 5.17. The second-order valence-electron chi connectivity index (χ2n) is 8.60. The van der Waals surface area contributed by atoms with Crippen molar-refractivity contribution in [1.82, 2.24) is 4.90 Å². The third-order valence-corrected chi connectivity index (χ3v) is 5.17. The SMILES string of the molecule is C=CCC[C@@H]1CN(Cc2ccccc2)C[C@]1(CC(C)(C)C)C(=O)OC. The van der Waals surface area contributed by atoms with Crippen LogP contribution in [0.3, 0.4) is 0 Å². The smallest absolute Gasteiger partial charge is 0.313 e. The molecule has 0 saturated carbocycles. The van der Waals surface area contributed by atoms with Crippen LogP contribution in [0.25, 0.3) is 0 Å². The molecule has 0 radical (unpaired) electrons. The highest BCUT2D eigenvalue weighted by Gasteiger charge is 2.53. The van der Waals surface area contributed by atoms with Crippen molar-refractivity contribution in [2.24, 2.45) is 16.7 Å². The molecule has 25 heavy (non-hydrogen) atoms. The minimum absolute atomic E-state index is 0.0490. The van der Waals surface area contributed by atoms with E-state index in [1.54, 1.807) is 0 Å². The first-order valence-electron chi connectivity index (χ1n) is 9.26. The van der Waals surface area contributed by atoms with E-state index >= 15 is 0 Å². The summed E-state index contributed by atoms with van der Waals surface area (Å²) >= 11 is 0. The number of allylic oxidation sites excluding steroid dienone is 1. The second kappa shape index (κ2) is 8.18. The average Bonchev–Trinajstić information content (AvgIpc) is 2.89. The molecule has 3 nitrogen and oxygen atoms in total. The summed E-state index contributed by atoms with van der Waals surface area (Å²) < 4.78 is 5.30. The zero-order valence-electron chi connectivity index (χ0n) is 16.3. The van der Waals surface area contributed by atoms with Crippen LogP contribution in [0.4, 0.5) is 0 Å². The molecule has 0 unspecified atom stereocenters. The van der Waals surface area contributed by atoms with Crippen LogP contribution in [-0.4, -0.2) is 31.1 Å². The van der Waals surface area contributed by atoms with Gasteiger partial charge in [-0.2, -0.15) is 0 Å². The van der Waals surface area contributed by atoms with E-state index in [0.29, 0.717) is 5.92 Å². The molecule has 2 rings (SSSR count). The van der Waals surface area contributed by atoms with E-state index in [1.807, 2.05) is 12.1 Å². The Morgan fingerprint density at radius 1 is 1.36 bits per heavy atom. The second-order valence-corrected chi connectivity index (χ2v) is 8.60. The van der Waals surface area contributed by atoms with E-state index in [0.717, 1.165) is 38.9 Å². The number of hydrogen-bond acceptors (Lipinski definition) is 3. The molecule has 1 saturated heterocycles. The van der Waals surface area contributed by atoms with Crippen LogP contribution in [0.2, 0.25) is 0 Å². The Morgan fingerprint density at radius 2 is 2.04 bits per heavy atom. The fourth-order valence-corrected chi connectivity index (χ4v) is 4.38. The van der Waals surface area contributed by atoms with Gasteiger partial charge in [-0.3, -0.25) is 9.69 Å². The highest BCUT2D eigenvalue weighted by Crippen LogP contribution is 2.47. The number of carbonyl (C=O) groups excluding carboxylic acids is 1. The predicted molar refractivity (Wildman–Crippen MR) is 103 cm³/mol. The van der Waals surface area contributed by atoms with Gasteiger partial charge in [0.05, 0.1) is 12.5 Å². The number of benzene rings is 1. The zero-order valence-corrected chi connectivity index (χ0v) is 16.3. The molecule has 138 valence electrons. The lowest BCUT2D eigenvalue weighted by Crippen LogP contribution is -2.43. The number of carbonyl (C=O) groups is 1. The van der Waals surface area contributed by atoms with Crippen molar-refractivity contribution in [2.45, 2.75) is 46.6 Å². The zero-order chi connectivity index (χ0) is 18.5. The molecule has 3 heteroatoms. The van der Waals surface area contributed by atoms with E-state index in [2.05, 4.69) is 56.5 Å². The number of methoxy groups -OCH3 is 1. The van der Waals surface area contributed by atoms with E-state index < -0.39 is 5.41 Å². The molecule has 0 amide bonds. The number of nitrogens with zero attached hydrogens (tertiary/aromatic N) is 1. The highest BCUT2D eigenvalue weighted by molar-refractivity contribution is 5.78. The molecule has 2 atom stereocenters. The summed E-state index contributed by atoms with van der Waals surface area (Å²) in [6, 6.07) is 10.5. The lowest BCUT2D eigenvalue weighted by molar-refractivity contribution is -0.157. The van der Waals surface area contributed by atoms with Gasteiger partial charge in [0.1, 0.15) is 0 Å². The van der Waals surface area contributed by atoms with Crippen LogP contribution < -0.4 is 0 Å². The van der Waals surface area contributed by atoms with E-state index in [9.17, 15) is 4.79 Å². The molecule has 0 bridgehead atoms. The Hall–Kier alpha value is -1.61. The number of rotatable bonds is 7. The van der Waals surface area contributed by atoms with Crippen LogP contribution >= 0.6 is 0 Å². The maximum atomic E-state index is 12.9. The Morgan fingerprint density at radius 3 is 2.60 bits per heavy atom. The predicted octanol–water partition coefficient (Wildman–Crippen LogP) is 4.68. The molecule has 1 heterocycles. The van der Waals surface area contributed by atoms with Gasteiger partial charge in [0.25, 0.3) is 0 Å². The molecular formula is C22H33NO2. The molecule has 1 aliphatic rings.